The fraction of sp³-hybridized carbons (Fsp3) is 1.00. The van der Waals surface area contributed by atoms with Gasteiger partial charge in [-0.15, -0.1) is 0 Å². The fourth-order valence-corrected chi connectivity index (χ4v) is 3.87. The molecule has 0 spiro atoms. The predicted octanol–water partition coefficient (Wildman–Crippen LogP) is 6.47. The molecule has 0 saturated heterocycles. The molecule has 0 heterocycles. The minimum Gasteiger partial charge on any atom is -0.418 e. The van der Waals surface area contributed by atoms with Gasteiger partial charge in [-0.2, -0.15) is 0 Å². The highest BCUT2D eigenvalue weighted by molar-refractivity contribution is 6.48. The van der Waals surface area contributed by atoms with Gasteiger partial charge in [-0.3, -0.25) is 0 Å². The van der Waals surface area contributed by atoms with Crippen LogP contribution in [0, 0.1) is 0 Å². The van der Waals surface area contributed by atoms with Crippen molar-refractivity contribution in [2.24, 2.45) is 0 Å². The smallest absolute Gasteiger partial charge is 0.171 e. The molecule has 0 saturated carbocycles. The van der Waals surface area contributed by atoms with Crippen molar-refractivity contribution in [3.05, 3.63) is 0 Å². The van der Waals surface area contributed by atoms with Crippen molar-refractivity contribution in [2.75, 3.05) is 0 Å². The SMILES string of the molecule is CCCCCCCCCCCCCCC(C)O[SiH](C)C. The summed E-state index contributed by atoms with van der Waals surface area (Å²) in [6.07, 6.45) is 19.0. The van der Waals surface area contributed by atoms with Gasteiger partial charge in [-0.1, -0.05) is 84.0 Å². The van der Waals surface area contributed by atoms with Crippen LogP contribution in [0.5, 0.6) is 0 Å². The third-order valence-corrected chi connectivity index (χ3v) is 4.98. The van der Waals surface area contributed by atoms with Crippen molar-refractivity contribution in [1.29, 1.82) is 0 Å². The van der Waals surface area contributed by atoms with Gasteiger partial charge in [0.05, 0.1) is 0 Å². The van der Waals surface area contributed by atoms with Crippen molar-refractivity contribution in [3.63, 3.8) is 0 Å². The first-order valence-electron chi connectivity index (χ1n) is 9.32. The van der Waals surface area contributed by atoms with E-state index in [1.165, 1.54) is 83.5 Å². The molecule has 0 aliphatic carbocycles. The third-order valence-electron chi connectivity index (χ3n) is 3.97. The van der Waals surface area contributed by atoms with Crippen LogP contribution < -0.4 is 0 Å². The van der Waals surface area contributed by atoms with E-state index in [2.05, 4.69) is 26.9 Å². The Balaban J connectivity index is 3.06. The molecular weight excluding hydrogens is 260 g/mol. The number of hydrogen-bond acceptors (Lipinski definition) is 1. The van der Waals surface area contributed by atoms with E-state index in [1.807, 2.05) is 0 Å². The second-order valence-corrected chi connectivity index (χ2v) is 9.04. The quantitative estimate of drug-likeness (QED) is 0.249. The summed E-state index contributed by atoms with van der Waals surface area (Å²) in [5, 5.41) is 0. The minimum atomic E-state index is -0.817. The van der Waals surface area contributed by atoms with Crippen molar-refractivity contribution in [1.82, 2.24) is 0 Å². The molecule has 0 aliphatic rings. The first-order valence-corrected chi connectivity index (χ1v) is 12.1. The Kier molecular flexibility index (Phi) is 15.7. The summed E-state index contributed by atoms with van der Waals surface area (Å²) >= 11 is 0. The van der Waals surface area contributed by atoms with Crippen LogP contribution in [0.1, 0.15) is 97.3 Å². The van der Waals surface area contributed by atoms with Gasteiger partial charge in [0.2, 0.25) is 0 Å². The summed E-state index contributed by atoms with van der Waals surface area (Å²) in [6, 6.07) is 0. The lowest BCUT2D eigenvalue weighted by Gasteiger charge is -2.15. The van der Waals surface area contributed by atoms with E-state index in [1.54, 1.807) is 0 Å². The third kappa shape index (κ3) is 16.2. The second kappa shape index (κ2) is 15.6. The molecule has 0 aromatic carbocycles. The predicted molar refractivity (Wildman–Crippen MR) is 95.1 cm³/mol. The normalized spacial score (nSPS) is 13.1. The van der Waals surface area contributed by atoms with Gasteiger partial charge >= 0.3 is 0 Å². The van der Waals surface area contributed by atoms with E-state index in [0.29, 0.717) is 6.10 Å². The Labute approximate surface area is 130 Å². The molecule has 0 aliphatic heterocycles. The maximum absolute atomic E-state index is 5.89. The van der Waals surface area contributed by atoms with Crippen LogP contribution in [0.25, 0.3) is 0 Å². The number of rotatable bonds is 15. The summed E-state index contributed by atoms with van der Waals surface area (Å²) < 4.78 is 5.89. The monoisotopic (exact) mass is 300 g/mol. The second-order valence-electron chi connectivity index (χ2n) is 6.67. The summed E-state index contributed by atoms with van der Waals surface area (Å²) in [5.74, 6) is 0. The van der Waals surface area contributed by atoms with E-state index in [9.17, 15) is 0 Å². The first-order chi connectivity index (χ1) is 9.66. The Morgan fingerprint density at radius 3 is 1.50 bits per heavy atom. The minimum absolute atomic E-state index is 0.504. The molecule has 2 heteroatoms. The average molecular weight is 301 g/mol. The summed E-state index contributed by atoms with van der Waals surface area (Å²) in [7, 11) is -0.817. The lowest BCUT2D eigenvalue weighted by atomic mass is 10.0. The molecule has 1 unspecified atom stereocenters. The average Bonchev–Trinajstić information content (AvgIpc) is 2.39. The lowest BCUT2D eigenvalue weighted by Crippen LogP contribution is -2.17. The highest BCUT2D eigenvalue weighted by Crippen LogP contribution is 2.13. The van der Waals surface area contributed by atoms with E-state index in [0.717, 1.165) is 0 Å². The standard InChI is InChI=1S/C18H40OSi/c1-5-6-7-8-9-10-11-12-13-14-15-16-17-18(2)19-20(3)4/h18,20H,5-17H2,1-4H3. The molecule has 0 aromatic rings. The molecule has 122 valence electrons. The Morgan fingerprint density at radius 1 is 0.700 bits per heavy atom. The Hall–Kier alpha value is 0.177. The van der Waals surface area contributed by atoms with Crippen LogP contribution in [-0.2, 0) is 4.43 Å². The van der Waals surface area contributed by atoms with Gasteiger partial charge in [-0.25, -0.2) is 0 Å². The number of hydrogen-bond donors (Lipinski definition) is 0. The molecule has 0 radical (unpaired) electrons. The van der Waals surface area contributed by atoms with Gasteiger partial charge < -0.3 is 4.43 Å². The van der Waals surface area contributed by atoms with Crippen LogP contribution in [-0.4, -0.2) is 15.1 Å². The van der Waals surface area contributed by atoms with Crippen LogP contribution in [0.15, 0.2) is 0 Å². The zero-order chi connectivity index (χ0) is 15.1. The fourth-order valence-electron chi connectivity index (χ4n) is 2.81. The van der Waals surface area contributed by atoms with Gasteiger partial charge in [0, 0.05) is 6.10 Å². The van der Waals surface area contributed by atoms with Gasteiger partial charge in [0.25, 0.3) is 0 Å². The van der Waals surface area contributed by atoms with Gasteiger partial charge in [-0.05, 0) is 26.4 Å². The summed E-state index contributed by atoms with van der Waals surface area (Å²) in [4.78, 5) is 0. The topological polar surface area (TPSA) is 9.23 Å². The lowest BCUT2D eigenvalue weighted by molar-refractivity contribution is 0.209. The molecule has 20 heavy (non-hydrogen) atoms. The number of unbranched alkanes of at least 4 members (excludes halogenated alkanes) is 11. The maximum atomic E-state index is 5.89. The van der Waals surface area contributed by atoms with Crippen LogP contribution >= 0.6 is 0 Å². The van der Waals surface area contributed by atoms with Crippen molar-refractivity contribution >= 4 is 9.04 Å². The molecule has 0 amide bonds. The molecule has 0 N–H and O–H groups in total. The molecule has 1 atom stereocenters. The maximum Gasteiger partial charge on any atom is 0.171 e. The van der Waals surface area contributed by atoms with Gasteiger partial charge in [0.15, 0.2) is 9.04 Å². The molecule has 1 nitrogen and oxygen atoms in total. The van der Waals surface area contributed by atoms with Gasteiger partial charge in [0.1, 0.15) is 0 Å². The Morgan fingerprint density at radius 2 is 1.10 bits per heavy atom. The zero-order valence-corrected chi connectivity index (χ0v) is 15.9. The summed E-state index contributed by atoms with van der Waals surface area (Å²) in [6.45, 7) is 9.06. The van der Waals surface area contributed by atoms with Crippen molar-refractivity contribution in [3.8, 4) is 0 Å². The van der Waals surface area contributed by atoms with Crippen molar-refractivity contribution < 1.29 is 4.43 Å². The largest absolute Gasteiger partial charge is 0.418 e. The molecule has 0 rings (SSSR count). The van der Waals surface area contributed by atoms with Crippen LogP contribution in [0.3, 0.4) is 0 Å². The summed E-state index contributed by atoms with van der Waals surface area (Å²) in [5.41, 5.74) is 0. The molecular formula is C18H40OSi. The van der Waals surface area contributed by atoms with E-state index < -0.39 is 9.04 Å². The molecule has 0 aromatic heterocycles. The van der Waals surface area contributed by atoms with Crippen LogP contribution in [0.4, 0.5) is 0 Å². The van der Waals surface area contributed by atoms with E-state index in [-0.39, 0.29) is 0 Å². The van der Waals surface area contributed by atoms with E-state index >= 15 is 0 Å². The zero-order valence-electron chi connectivity index (χ0n) is 14.8. The Bertz CT molecular complexity index is 182. The first kappa shape index (κ1) is 20.2. The molecule has 0 fully saturated rings. The molecule has 0 bridgehead atoms. The highest BCUT2D eigenvalue weighted by Gasteiger charge is 2.04. The van der Waals surface area contributed by atoms with Crippen molar-refractivity contribution in [2.45, 2.75) is 117 Å². The van der Waals surface area contributed by atoms with Crippen LogP contribution in [0.2, 0.25) is 13.1 Å². The highest BCUT2D eigenvalue weighted by atomic mass is 28.3. The van der Waals surface area contributed by atoms with E-state index in [4.69, 9.17) is 4.43 Å².